The molecule has 2 rings (SSSR count). The molecule has 0 unspecified atom stereocenters. The topological polar surface area (TPSA) is 113 Å². The lowest BCUT2D eigenvalue weighted by molar-refractivity contribution is -0.142. The van der Waals surface area contributed by atoms with Gasteiger partial charge >= 0.3 is 5.97 Å². The van der Waals surface area contributed by atoms with Crippen LogP contribution in [0.1, 0.15) is 25.7 Å². The van der Waals surface area contributed by atoms with Crippen LogP contribution < -0.4 is 10.0 Å². The van der Waals surface area contributed by atoms with Crippen molar-refractivity contribution in [2.75, 3.05) is 6.54 Å². The van der Waals surface area contributed by atoms with Gasteiger partial charge in [-0.2, -0.15) is 0 Å². The number of rotatable bonds is 6. The fraction of sp³-hybridized carbons (Fsp3) is 0.538. The zero-order valence-corrected chi connectivity index (χ0v) is 13.5. The average molecular weight is 346 g/mol. The predicted molar refractivity (Wildman–Crippen MR) is 81.0 cm³/mol. The third-order valence-corrected chi connectivity index (χ3v) is 6.42. The van der Waals surface area contributed by atoms with E-state index in [2.05, 4.69) is 10.0 Å². The maximum absolute atomic E-state index is 11.9. The highest BCUT2D eigenvalue weighted by Crippen LogP contribution is 2.24. The van der Waals surface area contributed by atoms with E-state index in [1.165, 1.54) is 6.07 Å². The molecule has 122 valence electrons. The van der Waals surface area contributed by atoms with Crippen molar-refractivity contribution in [3.8, 4) is 0 Å². The number of sulfonamides is 1. The second kappa shape index (κ2) is 7.21. The summed E-state index contributed by atoms with van der Waals surface area (Å²) >= 11 is 1.08. The van der Waals surface area contributed by atoms with Crippen LogP contribution in [-0.2, 0) is 19.6 Å². The molecule has 1 aromatic rings. The van der Waals surface area contributed by atoms with Crippen LogP contribution in [0.4, 0.5) is 0 Å². The Morgan fingerprint density at radius 2 is 1.95 bits per heavy atom. The number of carbonyl (C=O) groups excluding carboxylic acids is 1. The van der Waals surface area contributed by atoms with Crippen molar-refractivity contribution in [2.45, 2.75) is 35.9 Å². The Kier molecular flexibility index (Phi) is 5.54. The molecule has 9 heteroatoms. The lowest BCUT2D eigenvalue weighted by atomic mass is 9.86. The standard InChI is InChI=1S/C13H18N2O5S2/c16-11(8-14-22(19,20)12-2-1-7-21-12)15-10-5-3-9(4-6-10)13(17)18/h1-2,7,9-10,14H,3-6,8H2,(H,15,16)(H,17,18). The van der Waals surface area contributed by atoms with Crippen molar-refractivity contribution in [2.24, 2.45) is 5.92 Å². The third-order valence-electron chi connectivity index (χ3n) is 3.62. The van der Waals surface area contributed by atoms with Gasteiger partial charge in [-0.25, -0.2) is 13.1 Å². The summed E-state index contributed by atoms with van der Waals surface area (Å²) in [6, 6.07) is 3.01. The number of carbonyl (C=O) groups is 2. The Balaban J connectivity index is 1.76. The maximum atomic E-state index is 11.9. The average Bonchev–Trinajstić information content (AvgIpc) is 3.01. The van der Waals surface area contributed by atoms with Crippen molar-refractivity contribution in [1.29, 1.82) is 0 Å². The highest BCUT2D eigenvalue weighted by molar-refractivity contribution is 7.91. The van der Waals surface area contributed by atoms with Crippen molar-refractivity contribution in [3.63, 3.8) is 0 Å². The van der Waals surface area contributed by atoms with Gasteiger partial charge in [-0.3, -0.25) is 9.59 Å². The molecule has 1 heterocycles. The van der Waals surface area contributed by atoms with Crippen LogP contribution in [0.3, 0.4) is 0 Å². The van der Waals surface area contributed by atoms with E-state index in [0.717, 1.165) is 11.3 Å². The van der Waals surface area contributed by atoms with Gasteiger partial charge in [0, 0.05) is 6.04 Å². The minimum Gasteiger partial charge on any atom is -0.481 e. The molecular formula is C13H18N2O5S2. The fourth-order valence-electron chi connectivity index (χ4n) is 2.41. The Labute approximate surface area is 132 Å². The molecule has 1 aliphatic rings. The molecule has 0 spiro atoms. The highest BCUT2D eigenvalue weighted by Gasteiger charge is 2.27. The fourth-order valence-corrected chi connectivity index (χ4v) is 4.43. The van der Waals surface area contributed by atoms with Gasteiger partial charge in [0.2, 0.25) is 5.91 Å². The molecule has 1 aromatic heterocycles. The molecule has 7 nitrogen and oxygen atoms in total. The Hall–Kier alpha value is -1.45. The van der Waals surface area contributed by atoms with E-state index in [-0.39, 0.29) is 22.7 Å². The van der Waals surface area contributed by atoms with Crippen LogP contribution in [0.5, 0.6) is 0 Å². The van der Waals surface area contributed by atoms with E-state index in [9.17, 15) is 18.0 Å². The van der Waals surface area contributed by atoms with E-state index in [1.54, 1.807) is 11.4 Å². The first-order valence-corrected chi connectivity index (χ1v) is 9.30. The first-order valence-electron chi connectivity index (χ1n) is 6.94. The van der Waals surface area contributed by atoms with Crippen molar-refractivity contribution < 1.29 is 23.1 Å². The summed E-state index contributed by atoms with van der Waals surface area (Å²) < 4.78 is 26.1. The van der Waals surface area contributed by atoms with Gasteiger partial charge in [0.15, 0.2) is 0 Å². The zero-order chi connectivity index (χ0) is 16.2. The number of nitrogens with one attached hydrogen (secondary N) is 2. The lowest BCUT2D eigenvalue weighted by Gasteiger charge is -2.26. The number of carboxylic acids is 1. The SMILES string of the molecule is O=C(CNS(=O)(=O)c1cccs1)NC1CCC(C(=O)O)CC1. The maximum Gasteiger partial charge on any atom is 0.306 e. The van der Waals surface area contributed by atoms with Crippen molar-refractivity contribution >= 4 is 33.2 Å². The van der Waals surface area contributed by atoms with Crippen LogP contribution in [0.2, 0.25) is 0 Å². The summed E-state index contributed by atoms with van der Waals surface area (Å²) in [6.07, 6.45) is 2.25. The Morgan fingerprint density at radius 1 is 1.27 bits per heavy atom. The van der Waals surface area contributed by atoms with Crippen molar-refractivity contribution in [1.82, 2.24) is 10.0 Å². The summed E-state index contributed by atoms with van der Waals surface area (Å²) in [5, 5.41) is 13.3. The molecule has 0 atom stereocenters. The van der Waals surface area contributed by atoms with E-state index < -0.39 is 21.9 Å². The smallest absolute Gasteiger partial charge is 0.306 e. The molecule has 0 saturated heterocycles. The van der Waals surface area contributed by atoms with E-state index in [4.69, 9.17) is 5.11 Å². The molecule has 22 heavy (non-hydrogen) atoms. The Bertz CT molecular complexity index is 619. The second-order valence-corrected chi connectivity index (χ2v) is 8.15. The summed E-state index contributed by atoms with van der Waals surface area (Å²) in [6.45, 7) is -0.320. The first-order chi connectivity index (χ1) is 10.4. The minimum atomic E-state index is -3.64. The molecule has 1 saturated carbocycles. The van der Waals surface area contributed by atoms with E-state index >= 15 is 0 Å². The number of hydrogen-bond acceptors (Lipinski definition) is 5. The van der Waals surface area contributed by atoms with Crippen molar-refractivity contribution in [3.05, 3.63) is 17.5 Å². The first kappa shape index (κ1) is 16.9. The number of hydrogen-bond donors (Lipinski definition) is 3. The summed E-state index contributed by atoms with van der Waals surface area (Å²) in [5.74, 6) is -1.54. The predicted octanol–water partition coefficient (Wildman–Crippen LogP) is 0.786. The molecule has 0 radical (unpaired) electrons. The molecule has 0 bridgehead atoms. The van der Waals surface area contributed by atoms with Gasteiger partial charge in [-0.15, -0.1) is 11.3 Å². The molecule has 0 aromatic carbocycles. The quantitative estimate of drug-likeness (QED) is 0.705. The molecule has 1 amide bonds. The minimum absolute atomic E-state index is 0.0886. The number of amides is 1. The number of thiophene rings is 1. The summed E-state index contributed by atoms with van der Waals surface area (Å²) in [7, 11) is -3.64. The van der Waals surface area contributed by atoms with E-state index in [1.807, 2.05) is 0 Å². The number of carboxylic acid groups (broad SMARTS) is 1. The van der Waals surface area contributed by atoms with Crippen LogP contribution in [0, 0.1) is 5.92 Å². The second-order valence-electron chi connectivity index (χ2n) is 5.21. The third kappa shape index (κ3) is 4.52. The lowest BCUT2D eigenvalue weighted by Crippen LogP contribution is -2.43. The Morgan fingerprint density at radius 3 is 2.50 bits per heavy atom. The van der Waals surface area contributed by atoms with Gasteiger partial charge in [-0.1, -0.05) is 6.07 Å². The summed E-state index contributed by atoms with van der Waals surface area (Å²) in [5.41, 5.74) is 0. The number of aliphatic carboxylic acids is 1. The molecule has 1 aliphatic carbocycles. The molecular weight excluding hydrogens is 328 g/mol. The molecule has 3 N–H and O–H groups in total. The van der Waals surface area contributed by atoms with E-state index in [0.29, 0.717) is 25.7 Å². The largest absolute Gasteiger partial charge is 0.481 e. The van der Waals surface area contributed by atoms with Gasteiger partial charge in [0.25, 0.3) is 10.0 Å². The van der Waals surface area contributed by atoms with Crippen LogP contribution in [-0.4, -0.2) is 38.0 Å². The van der Waals surface area contributed by atoms with Gasteiger partial charge in [0.1, 0.15) is 4.21 Å². The van der Waals surface area contributed by atoms with Crippen LogP contribution in [0.25, 0.3) is 0 Å². The van der Waals surface area contributed by atoms with Crippen LogP contribution >= 0.6 is 11.3 Å². The zero-order valence-electron chi connectivity index (χ0n) is 11.8. The molecule has 1 fully saturated rings. The van der Waals surface area contributed by atoms with Gasteiger partial charge in [-0.05, 0) is 37.1 Å². The monoisotopic (exact) mass is 346 g/mol. The van der Waals surface area contributed by atoms with Gasteiger partial charge < -0.3 is 10.4 Å². The normalized spacial score (nSPS) is 22.2. The highest BCUT2D eigenvalue weighted by atomic mass is 32.2. The summed E-state index contributed by atoms with van der Waals surface area (Å²) in [4.78, 5) is 22.6. The van der Waals surface area contributed by atoms with Gasteiger partial charge in [0.05, 0.1) is 12.5 Å². The van der Waals surface area contributed by atoms with Crippen LogP contribution in [0.15, 0.2) is 21.7 Å². The molecule has 0 aliphatic heterocycles.